The molecule has 1 heterocycles. The van der Waals surface area contributed by atoms with E-state index in [1.807, 2.05) is 0 Å². The molecule has 0 spiro atoms. The van der Waals surface area contributed by atoms with Crippen molar-refractivity contribution in [2.45, 2.75) is 30.9 Å². The van der Waals surface area contributed by atoms with Gasteiger partial charge in [-0.2, -0.15) is 13.2 Å². The van der Waals surface area contributed by atoms with Crippen LogP contribution in [0.25, 0.3) is 0 Å². The van der Waals surface area contributed by atoms with Crippen LogP contribution in [0.1, 0.15) is 24.8 Å². The van der Waals surface area contributed by atoms with Crippen LogP contribution >= 0.6 is 11.6 Å². The molecule has 1 fully saturated rings. The smallest absolute Gasteiger partial charge is 0.326 e. The molecule has 1 amide bonds. The first-order valence-electron chi connectivity index (χ1n) is 6.51. The van der Waals surface area contributed by atoms with E-state index in [-0.39, 0.29) is 22.2 Å². The predicted molar refractivity (Wildman–Crippen MR) is 72.9 cm³/mol. The zero-order valence-electron chi connectivity index (χ0n) is 10.9. The van der Waals surface area contributed by atoms with E-state index in [0.717, 1.165) is 12.8 Å². The third-order valence-corrected chi connectivity index (χ3v) is 3.93. The average Bonchev–Trinajstić information content (AvgIpc) is 3.19. The van der Waals surface area contributed by atoms with E-state index in [1.54, 1.807) is 0 Å². The van der Waals surface area contributed by atoms with Crippen LogP contribution in [-0.4, -0.2) is 12.1 Å². The number of halogens is 4. The SMILES string of the molecule is O=C1C[C@@](C#CC2CC2)(C(F)(F)F)c2cc(Cl)ccc2N1. The summed E-state index contributed by atoms with van der Waals surface area (Å²) in [6, 6.07) is 4.07. The Hall–Kier alpha value is -1.67. The number of hydrogen-bond acceptors (Lipinski definition) is 1. The Bertz CT molecular complexity index is 670. The van der Waals surface area contributed by atoms with Gasteiger partial charge in [-0.3, -0.25) is 4.79 Å². The van der Waals surface area contributed by atoms with E-state index >= 15 is 0 Å². The highest BCUT2D eigenvalue weighted by Gasteiger charge is 2.59. The Morgan fingerprint density at radius 3 is 2.67 bits per heavy atom. The fourth-order valence-corrected chi connectivity index (χ4v) is 2.57. The minimum Gasteiger partial charge on any atom is -0.326 e. The van der Waals surface area contributed by atoms with E-state index in [9.17, 15) is 18.0 Å². The zero-order chi connectivity index (χ0) is 15.3. The van der Waals surface area contributed by atoms with Gasteiger partial charge in [-0.05, 0) is 31.0 Å². The summed E-state index contributed by atoms with van der Waals surface area (Å²) in [6.45, 7) is 0. The van der Waals surface area contributed by atoms with Crippen molar-refractivity contribution in [3.63, 3.8) is 0 Å². The molecule has 1 aromatic rings. The fraction of sp³-hybridized carbons (Fsp3) is 0.400. The summed E-state index contributed by atoms with van der Waals surface area (Å²) in [5.74, 6) is 4.34. The average molecular weight is 314 g/mol. The maximum Gasteiger partial charge on any atom is 0.409 e. The van der Waals surface area contributed by atoms with Gasteiger partial charge in [0.15, 0.2) is 5.41 Å². The van der Waals surface area contributed by atoms with Crippen molar-refractivity contribution in [1.29, 1.82) is 0 Å². The summed E-state index contributed by atoms with van der Waals surface area (Å²) in [7, 11) is 0. The molecular weight excluding hydrogens is 303 g/mol. The van der Waals surface area contributed by atoms with Gasteiger partial charge in [0.2, 0.25) is 5.91 Å². The molecule has 6 heteroatoms. The highest BCUT2D eigenvalue weighted by atomic mass is 35.5. The summed E-state index contributed by atoms with van der Waals surface area (Å²) in [5, 5.41) is 2.64. The fourth-order valence-electron chi connectivity index (χ4n) is 2.40. The number of nitrogens with one attached hydrogen (secondary N) is 1. The highest BCUT2D eigenvalue weighted by Crippen LogP contribution is 2.49. The molecule has 0 bridgehead atoms. The lowest BCUT2D eigenvalue weighted by atomic mass is 9.74. The van der Waals surface area contributed by atoms with Crippen molar-refractivity contribution < 1.29 is 18.0 Å². The molecule has 3 rings (SSSR count). The molecule has 1 aliphatic heterocycles. The van der Waals surface area contributed by atoms with Gasteiger partial charge in [0.1, 0.15) is 0 Å². The van der Waals surface area contributed by atoms with Gasteiger partial charge in [-0.25, -0.2) is 0 Å². The van der Waals surface area contributed by atoms with Crippen molar-refractivity contribution in [3.8, 4) is 11.8 Å². The van der Waals surface area contributed by atoms with Crippen LogP contribution in [0.3, 0.4) is 0 Å². The van der Waals surface area contributed by atoms with Crippen LogP contribution in [-0.2, 0) is 10.2 Å². The maximum absolute atomic E-state index is 13.7. The molecular formula is C15H11ClF3NO. The van der Waals surface area contributed by atoms with Crippen LogP contribution < -0.4 is 5.32 Å². The van der Waals surface area contributed by atoms with Crippen molar-refractivity contribution in [2.24, 2.45) is 5.92 Å². The Morgan fingerprint density at radius 2 is 2.05 bits per heavy atom. The Kier molecular flexibility index (Phi) is 3.18. The molecule has 0 aromatic heterocycles. The molecule has 1 saturated carbocycles. The van der Waals surface area contributed by atoms with E-state index in [1.165, 1.54) is 18.2 Å². The third-order valence-electron chi connectivity index (χ3n) is 3.69. The first-order valence-corrected chi connectivity index (χ1v) is 6.89. The van der Waals surface area contributed by atoms with E-state index in [2.05, 4.69) is 17.2 Å². The second-order valence-corrected chi connectivity index (χ2v) is 5.80. The van der Waals surface area contributed by atoms with E-state index in [0.29, 0.717) is 0 Å². The quantitative estimate of drug-likeness (QED) is 0.723. The number of anilines is 1. The number of carbonyl (C=O) groups excluding carboxylic acids is 1. The van der Waals surface area contributed by atoms with Gasteiger partial charge < -0.3 is 5.32 Å². The van der Waals surface area contributed by atoms with Gasteiger partial charge in [0.05, 0.1) is 6.42 Å². The third kappa shape index (κ3) is 2.49. The highest BCUT2D eigenvalue weighted by molar-refractivity contribution is 6.30. The topological polar surface area (TPSA) is 29.1 Å². The lowest BCUT2D eigenvalue weighted by molar-refractivity contribution is -0.177. The largest absolute Gasteiger partial charge is 0.409 e. The van der Waals surface area contributed by atoms with Crippen LogP contribution in [0.15, 0.2) is 18.2 Å². The maximum atomic E-state index is 13.7. The number of alkyl halides is 3. The molecule has 21 heavy (non-hydrogen) atoms. The Labute approximate surface area is 124 Å². The van der Waals surface area contributed by atoms with Gasteiger partial charge >= 0.3 is 6.18 Å². The van der Waals surface area contributed by atoms with Gasteiger partial charge in [-0.15, -0.1) is 0 Å². The van der Waals surface area contributed by atoms with Crippen molar-refractivity contribution >= 4 is 23.2 Å². The summed E-state index contributed by atoms with van der Waals surface area (Å²) in [6.07, 6.45) is -3.75. The van der Waals surface area contributed by atoms with Crippen LogP contribution in [0, 0.1) is 17.8 Å². The van der Waals surface area contributed by atoms with Gasteiger partial charge in [0.25, 0.3) is 0 Å². The molecule has 0 unspecified atom stereocenters. The molecule has 1 atom stereocenters. The molecule has 0 radical (unpaired) electrons. The normalized spacial score (nSPS) is 24.7. The molecule has 110 valence electrons. The monoisotopic (exact) mass is 313 g/mol. The molecule has 1 aliphatic carbocycles. The molecule has 2 aliphatic rings. The first-order chi connectivity index (χ1) is 9.82. The second kappa shape index (κ2) is 4.67. The van der Waals surface area contributed by atoms with Gasteiger partial charge in [0, 0.05) is 22.2 Å². The number of amides is 1. The standard InChI is InChI=1S/C15H11ClF3NO/c16-10-3-4-12-11(7-10)14(15(17,18)19,8-13(21)20-12)6-5-9-1-2-9/h3-4,7,9H,1-2,8H2,(H,20,21)/t14-/m1/s1. The molecule has 1 N–H and O–H groups in total. The van der Waals surface area contributed by atoms with Crippen LogP contribution in [0.2, 0.25) is 5.02 Å². The lowest BCUT2D eigenvalue weighted by Gasteiger charge is -2.36. The van der Waals surface area contributed by atoms with Crippen LogP contribution in [0.5, 0.6) is 0 Å². The molecule has 2 nitrogen and oxygen atoms in total. The predicted octanol–water partition coefficient (Wildman–Crippen LogP) is 3.90. The minimum absolute atomic E-state index is 0.0110. The summed E-state index contributed by atoms with van der Waals surface area (Å²) < 4.78 is 41.2. The molecule has 1 aromatic carbocycles. The molecule has 0 saturated heterocycles. The van der Waals surface area contributed by atoms with Gasteiger partial charge in [-0.1, -0.05) is 23.4 Å². The van der Waals surface area contributed by atoms with E-state index in [4.69, 9.17) is 11.6 Å². The second-order valence-electron chi connectivity index (χ2n) is 5.36. The summed E-state index contributed by atoms with van der Waals surface area (Å²) in [4.78, 5) is 11.7. The van der Waals surface area contributed by atoms with Crippen molar-refractivity contribution in [3.05, 3.63) is 28.8 Å². The van der Waals surface area contributed by atoms with E-state index < -0.39 is 23.9 Å². The Morgan fingerprint density at radius 1 is 1.33 bits per heavy atom. The number of fused-ring (bicyclic) bond motifs is 1. The van der Waals surface area contributed by atoms with Crippen molar-refractivity contribution in [1.82, 2.24) is 0 Å². The lowest BCUT2D eigenvalue weighted by Crippen LogP contribution is -2.47. The number of hydrogen-bond donors (Lipinski definition) is 1. The number of carbonyl (C=O) groups is 1. The first kappa shape index (κ1) is 14.3. The number of rotatable bonds is 0. The van der Waals surface area contributed by atoms with Crippen molar-refractivity contribution in [2.75, 3.05) is 5.32 Å². The van der Waals surface area contributed by atoms with Crippen LogP contribution in [0.4, 0.5) is 18.9 Å². The number of benzene rings is 1. The minimum atomic E-state index is -4.65. The summed E-state index contributed by atoms with van der Waals surface area (Å²) in [5.41, 5.74) is -2.42. The zero-order valence-corrected chi connectivity index (χ0v) is 11.6. The Balaban J connectivity index is 2.22. The summed E-state index contributed by atoms with van der Waals surface area (Å²) >= 11 is 5.84.